The summed E-state index contributed by atoms with van der Waals surface area (Å²) < 4.78 is 0. The second kappa shape index (κ2) is 4.70. The highest BCUT2D eigenvalue weighted by Gasteiger charge is 2.23. The summed E-state index contributed by atoms with van der Waals surface area (Å²) in [6.07, 6.45) is 5.56. The largest absolute Gasteiger partial charge is 0.396 e. The van der Waals surface area contributed by atoms with Crippen molar-refractivity contribution in [1.82, 2.24) is 4.98 Å². The van der Waals surface area contributed by atoms with Crippen LogP contribution in [0.5, 0.6) is 0 Å². The van der Waals surface area contributed by atoms with E-state index in [1.54, 1.807) is 6.20 Å². The van der Waals surface area contributed by atoms with Crippen molar-refractivity contribution in [3.8, 4) is 0 Å². The van der Waals surface area contributed by atoms with Crippen molar-refractivity contribution in [2.24, 2.45) is 0 Å². The van der Waals surface area contributed by atoms with E-state index >= 15 is 0 Å². The van der Waals surface area contributed by atoms with Gasteiger partial charge in [0.05, 0.1) is 17.8 Å². The lowest BCUT2D eigenvalue weighted by Gasteiger charge is -2.29. The molecule has 0 spiro atoms. The molecule has 88 valence electrons. The molecule has 4 N–H and O–H groups in total. The molecule has 1 aromatic heterocycles. The molecule has 2 unspecified atom stereocenters. The third kappa shape index (κ3) is 2.27. The number of aryl methyl sites for hydroxylation is 1. The van der Waals surface area contributed by atoms with Gasteiger partial charge in [-0.2, -0.15) is 0 Å². The average molecular weight is 221 g/mol. The van der Waals surface area contributed by atoms with Crippen molar-refractivity contribution in [2.45, 2.75) is 44.8 Å². The lowest BCUT2D eigenvalue weighted by molar-refractivity contribution is 0.116. The SMILES string of the molecule is Cc1ccnc(NC2CCCCC2O)c1N. The first-order chi connectivity index (χ1) is 7.68. The van der Waals surface area contributed by atoms with Gasteiger partial charge < -0.3 is 16.2 Å². The molecule has 4 heteroatoms. The first kappa shape index (κ1) is 11.2. The van der Waals surface area contributed by atoms with E-state index in [0.29, 0.717) is 11.5 Å². The third-order valence-corrected chi connectivity index (χ3v) is 3.26. The maximum Gasteiger partial charge on any atom is 0.149 e. The van der Waals surface area contributed by atoms with E-state index in [1.165, 1.54) is 0 Å². The first-order valence-electron chi connectivity index (χ1n) is 5.84. The molecular weight excluding hydrogens is 202 g/mol. The zero-order chi connectivity index (χ0) is 11.5. The van der Waals surface area contributed by atoms with Gasteiger partial charge >= 0.3 is 0 Å². The number of nitrogens with one attached hydrogen (secondary N) is 1. The molecule has 1 heterocycles. The van der Waals surface area contributed by atoms with Crippen molar-refractivity contribution in [1.29, 1.82) is 0 Å². The minimum Gasteiger partial charge on any atom is -0.396 e. The average Bonchev–Trinajstić information content (AvgIpc) is 2.28. The van der Waals surface area contributed by atoms with E-state index < -0.39 is 0 Å². The lowest BCUT2D eigenvalue weighted by Crippen LogP contribution is -2.36. The Hall–Kier alpha value is -1.29. The van der Waals surface area contributed by atoms with Crippen LogP contribution in [-0.2, 0) is 0 Å². The van der Waals surface area contributed by atoms with E-state index in [9.17, 15) is 5.11 Å². The number of aliphatic hydroxyl groups is 1. The molecule has 2 rings (SSSR count). The van der Waals surface area contributed by atoms with Crippen LogP contribution < -0.4 is 11.1 Å². The number of nitrogens with two attached hydrogens (primary N) is 1. The van der Waals surface area contributed by atoms with Crippen LogP contribution >= 0.6 is 0 Å². The Morgan fingerprint density at radius 1 is 1.44 bits per heavy atom. The number of anilines is 2. The molecule has 0 amide bonds. The van der Waals surface area contributed by atoms with Crippen LogP contribution in [0, 0.1) is 6.92 Å². The van der Waals surface area contributed by atoms with Gasteiger partial charge in [0.25, 0.3) is 0 Å². The van der Waals surface area contributed by atoms with Gasteiger partial charge in [0.1, 0.15) is 5.82 Å². The molecular formula is C12H19N3O. The molecule has 1 fully saturated rings. The monoisotopic (exact) mass is 221 g/mol. The second-order valence-corrected chi connectivity index (χ2v) is 4.49. The van der Waals surface area contributed by atoms with E-state index in [1.807, 2.05) is 13.0 Å². The summed E-state index contributed by atoms with van der Waals surface area (Å²) in [7, 11) is 0. The molecule has 0 saturated heterocycles. The minimum absolute atomic E-state index is 0.0883. The zero-order valence-corrected chi connectivity index (χ0v) is 9.61. The van der Waals surface area contributed by atoms with Crippen LogP contribution in [0.15, 0.2) is 12.3 Å². The molecule has 1 aliphatic rings. The maximum atomic E-state index is 9.86. The minimum atomic E-state index is -0.282. The molecule has 1 saturated carbocycles. The number of aliphatic hydroxyl groups excluding tert-OH is 1. The van der Waals surface area contributed by atoms with Crippen molar-refractivity contribution in [3.05, 3.63) is 17.8 Å². The van der Waals surface area contributed by atoms with E-state index in [2.05, 4.69) is 10.3 Å². The number of rotatable bonds is 2. The van der Waals surface area contributed by atoms with Crippen molar-refractivity contribution < 1.29 is 5.11 Å². The highest BCUT2D eigenvalue weighted by atomic mass is 16.3. The number of nitrogens with zero attached hydrogens (tertiary/aromatic N) is 1. The Balaban J connectivity index is 2.10. The van der Waals surface area contributed by atoms with E-state index in [-0.39, 0.29) is 12.1 Å². The van der Waals surface area contributed by atoms with Gasteiger partial charge in [-0.3, -0.25) is 0 Å². The maximum absolute atomic E-state index is 9.86. The van der Waals surface area contributed by atoms with Gasteiger partial charge in [-0.25, -0.2) is 4.98 Å². The molecule has 2 atom stereocenters. The summed E-state index contributed by atoms with van der Waals surface area (Å²) in [4.78, 5) is 4.22. The lowest BCUT2D eigenvalue weighted by atomic mass is 9.92. The Labute approximate surface area is 95.9 Å². The van der Waals surface area contributed by atoms with Crippen LogP contribution in [-0.4, -0.2) is 22.2 Å². The smallest absolute Gasteiger partial charge is 0.149 e. The molecule has 1 aliphatic carbocycles. The van der Waals surface area contributed by atoms with Crippen LogP contribution in [0.2, 0.25) is 0 Å². The third-order valence-electron chi connectivity index (χ3n) is 3.26. The fourth-order valence-corrected chi connectivity index (χ4v) is 2.14. The van der Waals surface area contributed by atoms with Crippen molar-refractivity contribution >= 4 is 11.5 Å². The number of hydrogen-bond acceptors (Lipinski definition) is 4. The van der Waals surface area contributed by atoms with Crippen LogP contribution in [0.3, 0.4) is 0 Å². The predicted octanol–water partition coefficient (Wildman–Crippen LogP) is 1.69. The van der Waals surface area contributed by atoms with Crippen LogP contribution in [0.25, 0.3) is 0 Å². The number of hydrogen-bond donors (Lipinski definition) is 3. The number of pyridine rings is 1. The predicted molar refractivity (Wildman–Crippen MR) is 65.3 cm³/mol. The second-order valence-electron chi connectivity index (χ2n) is 4.49. The summed E-state index contributed by atoms with van der Waals surface area (Å²) in [5, 5.41) is 13.1. The van der Waals surface area contributed by atoms with Gasteiger partial charge in [-0.15, -0.1) is 0 Å². The Morgan fingerprint density at radius 3 is 2.94 bits per heavy atom. The van der Waals surface area contributed by atoms with Crippen molar-refractivity contribution in [3.63, 3.8) is 0 Å². The summed E-state index contributed by atoms with van der Waals surface area (Å²) >= 11 is 0. The molecule has 1 aromatic rings. The molecule has 16 heavy (non-hydrogen) atoms. The summed E-state index contributed by atoms with van der Waals surface area (Å²) in [6.45, 7) is 1.96. The highest BCUT2D eigenvalue weighted by Crippen LogP contribution is 2.25. The Bertz CT molecular complexity index is 367. The standard InChI is InChI=1S/C12H19N3O/c1-8-6-7-14-12(11(8)13)15-9-4-2-3-5-10(9)16/h6-7,9-10,16H,2-5,13H2,1H3,(H,14,15). The fraction of sp³-hybridized carbons (Fsp3) is 0.583. The first-order valence-corrected chi connectivity index (χ1v) is 5.84. The summed E-state index contributed by atoms with van der Waals surface area (Å²) in [5.41, 5.74) is 7.64. The molecule has 0 aliphatic heterocycles. The van der Waals surface area contributed by atoms with Gasteiger partial charge in [0.15, 0.2) is 0 Å². The topological polar surface area (TPSA) is 71.2 Å². The van der Waals surface area contributed by atoms with Crippen LogP contribution in [0.4, 0.5) is 11.5 Å². The quantitative estimate of drug-likeness (QED) is 0.710. The Kier molecular flexibility index (Phi) is 3.29. The van der Waals surface area contributed by atoms with E-state index in [0.717, 1.165) is 31.2 Å². The molecule has 0 aromatic carbocycles. The summed E-state index contributed by atoms with van der Waals surface area (Å²) in [6, 6.07) is 1.98. The fourth-order valence-electron chi connectivity index (χ4n) is 2.14. The van der Waals surface area contributed by atoms with Gasteiger partial charge in [-0.1, -0.05) is 12.8 Å². The molecule has 4 nitrogen and oxygen atoms in total. The van der Waals surface area contributed by atoms with Gasteiger partial charge in [-0.05, 0) is 31.4 Å². The summed E-state index contributed by atoms with van der Waals surface area (Å²) in [5.74, 6) is 0.700. The molecule has 0 radical (unpaired) electrons. The molecule has 0 bridgehead atoms. The van der Waals surface area contributed by atoms with E-state index in [4.69, 9.17) is 5.73 Å². The number of nitrogen functional groups attached to an aromatic ring is 1. The van der Waals surface area contributed by atoms with Gasteiger partial charge in [0, 0.05) is 6.20 Å². The highest BCUT2D eigenvalue weighted by molar-refractivity contribution is 5.65. The normalized spacial score (nSPS) is 25.4. The van der Waals surface area contributed by atoms with Crippen molar-refractivity contribution in [2.75, 3.05) is 11.1 Å². The Morgan fingerprint density at radius 2 is 2.19 bits per heavy atom. The zero-order valence-electron chi connectivity index (χ0n) is 9.61. The van der Waals surface area contributed by atoms with Crippen LogP contribution in [0.1, 0.15) is 31.2 Å². The van der Waals surface area contributed by atoms with Gasteiger partial charge in [0.2, 0.25) is 0 Å². The number of aromatic nitrogens is 1.